The zero-order valence-corrected chi connectivity index (χ0v) is 18.6. The van der Waals surface area contributed by atoms with Crippen molar-refractivity contribution in [1.82, 2.24) is 20.4 Å². The summed E-state index contributed by atoms with van der Waals surface area (Å²) in [5.41, 5.74) is 0.829. The largest absolute Gasteiger partial charge is 0.381 e. The lowest BCUT2D eigenvalue weighted by Gasteiger charge is -2.21. The minimum atomic E-state index is 0. The van der Waals surface area contributed by atoms with Gasteiger partial charge in [0.25, 0.3) is 0 Å². The van der Waals surface area contributed by atoms with Crippen LogP contribution in [0.2, 0.25) is 5.02 Å². The van der Waals surface area contributed by atoms with E-state index < -0.39 is 0 Å². The van der Waals surface area contributed by atoms with Crippen molar-refractivity contribution in [3.63, 3.8) is 0 Å². The van der Waals surface area contributed by atoms with Gasteiger partial charge in [-0.25, -0.2) is 0 Å². The van der Waals surface area contributed by atoms with Gasteiger partial charge in [-0.1, -0.05) is 28.9 Å². The lowest BCUT2D eigenvalue weighted by atomic mass is 10.1. The van der Waals surface area contributed by atoms with Crippen LogP contribution in [-0.4, -0.2) is 54.4 Å². The van der Waals surface area contributed by atoms with Crippen molar-refractivity contribution in [3.05, 3.63) is 35.2 Å². The van der Waals surface area contributed by atoms with Crippen LogP contribution in [0.25, 0.3) is 11.4 Å². The molecule has 9 heteroatoms. The first kappa shape index (κ1) is 21.9. The van der Waals surface area contributed by atoms with E-state index in [-0.39, 0.29) is 24.0 Å². The van der Waals surface area contributed by atoms with Gasteiger partial charge in [0.15, 0.2) is 5.96 Å². The number of aliphatic imine (C=N–C) groups is 1. The lowest BCUT2D eigenvalue weighted by molar-refractivity contribution is 0.114. The summed E-state index contributed by atoms with van der Waals surface area (Å²) < 4.78 is 10.9. The maximum Gasteiger partial charge on any atom is 0.246 e. The lowest BCUT2D eigenvalue weighted by Crippen LogP contribution is -2.39. The number of aromatic nitrogens is 2. The molecule has 1 aromatic carbocycles. The second-order valence-corrected chi connectivity index (χ2v) is 6.62. The normalized spacial score (nSPS) is 17.1. The first-order valence-electron chi connectivity index (χ1n) is 8.81. The summed E-state index contributed by atoms with van der Waals surface area (Å²) in [6, 6.07) is 7.38. The smallest absolute Gasteiger partial charge is 0.246 e. The molecule has 0 saturated carbocycles. The monoisotopic (exact) mass is 505 g/mol. The van der Waals surface area contributed by atoms with Gasteiger partial charge in [-0.2, -0.15) is 4.98 Å². The van der Waals surface area contributed by atoms with Gasteiger partial charge in [-0.15, -0.1) is 24.0 Å². The van der Waals surface area contributed by atoms with Crippen LogP contribution < -0.4 is 5.32 Å². The summed E-state index contributed by atoms with van der Waals surface area (Å²) in [5.74, 6) is 2.42. The molecular weight excluding hydrogens is 481 g/mol. The first-order valence-corrected chi connectivity index (χ1v) is 9.19. The van der Waals surface area contributed by atoms with Crippen molar-refractivity contribution in [1.29, 1.82) is 0 Å². The Morgan fingerprint density at radius 1 is 1.48 bits per heavy atom. The number of benzene rings is 1. The van der Waals surface area contributed by atoms with Gasteiger partial charge in [0.1, 0.15) is 0 Å². The second kappa shape index (κ2) is 10.8. The number of rotatable bonds is 6. The van der Waals surface area contributed by atoms with Crippen LogP contribution in [0.15, 0.2) is 33.8 Å². The van der Waals surface area contributed by atoms with E-state index in [0.717, 1.165) is 44.2 Å². The molecule has 2 aromatic rings. The summed E-state index contributed by atoms with van der Waals surface area (Å²) >= 11 is 6.01. The molecule has 1 aliphatic heterocycles. The van der Waals surface area contributed by atoms with Gasteiger partial charge in [0, 0.05) is 43.2 Å². The van der Waals surface area contributed by atoms with E-state index in [9.17, 15) is 0 Å². The first-order chi connectivity index (χ1) is 12.7. The topological polar surface area (TPSA) is 75.8 Å². The summed E-state index contributed by atoms with van der Waals surface area (Å²) in [7, 11) is 1.78. The summed E-state index contributed by atoms with van der Waals surface area (Å²) in [5, 5.41) is 7.95. The van der Waals surface area contributed by atoms with Crippen molar-refractivity contribution < 1.29 is 9.26 Å². The quantitative estimate of drug-likeness (QED) is 0.368. The highest BCUT2D eigenvalue weighted by atomic mass is 127. The van der Waals surface area contributed by atoms with Crippen LogP contribution in [0.4, 0.5) is 0 Å². The van der Waals surface area contributed by atoms with Gasteiger partial charge >= 0.3 is 0 Å². The maximum atomic E-state index is 6.01. The molecule has 1 N–H and O–H groups in total. The van der Waals surface area contributed by atoms with Crippen LogP contribution in [0.3, 0.4) is 0 Å². The van der Waals surface area contributed by atoms with Crippen molar-refractivity contribution in [2.45, 2.75) is 19.9 Å². The Morgan fingerprint density at radius 3 is 3.07 bits per heavy atom. The van der Waals surface area contributed by atoms with Gasteiger partial charge in [-0.3, -0.25) is 4.99 Å². The van der Waals surface area contributed by atoms with E-state index in [1.54, 1.807) is 7.05 Å². The second-order valence-electron chi connectivity index (χ2n) is 6.18. The third-order valence-electron chi connectivity index (χ3n) is 4.30. The number of ether oxygens (including phenoxy) is 1. The average Bonchev–Trinajstić information content (AvgIpc) is 3.30. The summed E-state index contributed by atoms with van der Waals surface area (Å²) in [4.78, 5) is 11.0. The third kappa shape index (κ3) is 6.05. The van der Waals surface area contributed by atoms with Crippen LogP contribution in [-0.2, 0) is 11.3 Å². The average molecular weight is 506 g/mol. The van der Waals surface area contributed by atoms with Crippen LogP contribution >= 0.6 is 35.6 Å². The molecule has 148 valence electrons. The van der Waals surface area contributed by atoms with Gasteiger partial charge < -0.3 is 19.5 Å². The van der Waals surface area contributed by atoms with E-state index in [1.807, 2.05) is 31.2 Å². The molecule has 2 heterocycles. The predicted molar refractivity (Wildman–Crippen MR) is 117 cm³/mol. The highest BCUT2D eigenvalue weighted by Crippen LogP contribution is 2.20. The third-order valence-corrected chi connectivity index (χ3v) is 4.54. The summed E-state index contributed by atoms with van der Waals surface area (Å²) in [6.45, 7) is 5.92. The highest BCUT2D eigenvalue weighted by Gasteiger charge is 2.25. The summed E-state index contributed by atoms with van der Waals surface area (Å²) in [6.07, 6.45) is 1.11. The number of likely N-dealkylation sites (tertiary alicyclic amines) is 1. The zero-order valence-electron chi connectivity index (χ0n) is 15.5. The van der Waals surface area contributed by atoms with Crippen molar-refractivity contribution in [3.8, 4) is 11.4 Å². The number of guanidine groups is 1. The van der Waals surface area contributed by atoms with E-state index in [0.29, 0.717) is 29.2 Å². The van der Waals surface area contributed by atoms with E-state index in [4.69, 9.17) is 20.9 Å². The predicted octanol–water partition coefficient (Wildman–Crippen LogP) is 3.44. The van der Waals surface area contributed by atoms with Crippen molar-refractivity contribution >= 4 is 41.5 Å². The van der Waals surface area contributed by atoms with Crippen molar-refractivity contribution in [2.24, 2.45) is 10.9 Å². The Balaban J connectivity index is 0.00000261. The number of hydrogen-bond acceptors (Lipinski definition) is 5. The molecule has 0 bridgehead atoms. The Bertz CT molecular complexity index is 755. The van der Waals surface area contributed by atoms with Gasteiger partial charge in [0.05, 0.1) is 13.2 Å². The zero-order chi connectivity index (χ0) is 18.4. The number of hydrogen-bond donors (Lipinski definition) is 1. The minimum Gasteiger partial charge on any atom is -0.381 e. The Hall–Kier alpha value is -1.39. The number of halogens is 2. The Morgan fingerprint density at radius 2 is 2.33 bits per heavy atom. The molecule has 1 saturated heterocycles. The van der Waals surface area contributed by atoms with Crippen molar-refractivity contribution in [2.75, 3.05) is 33.4 Å². The van der Waals surface area contributed by atoms with Crippen LogP contribution in [0.5, 0.6) is 0 Å². The molecule has 27 heavy (non-hydrogen) atoms. The van der Waals surface area contributed by atoms with Gasteiger partial charge in [-0.05, 0) is 25.5 Å². The Kier molecular flexibility index (Phi) is 8.78. The molecule has 1 aromatic heterocycles. The fraction of sp³-hybridized carbons (Fsp3) is 0.500. The molecule has 1 unspecified atom stereocenters. The molecule has 1 aliphatic rings. The Labute approximate surface area is 181 Å². The van der Waals surface area contributed by atoms with Gasteiger partial charge in [0.2, 0.25) is 11.7 Å². The molecular formula is C18H25ClIN5O2. The number of nitrogens with zero attached hydrogens (tertiary/aromatic N) is 4. The standard InChI is InChI=1S/C18H24ClN5O2.HI/c1-3-25-12-13-7-8-24(11-13)18(20-2)21-10-16-22-17(23-26-16)14-5-4-6-15(19)9-14;/h4-6,9,13H,3,7-8,10-12H2,1-2H3,(H,20,21);1H. The minimum absolute atomic E-state index is 0. The SMILES string of the molecule is CCOCC1CCN(C(=NC)NCc2nc(-c3cccc(Cl)c3)no2)C1.I. The molecule has 7 nitrogen and oxygen atoms in total. The molecule has 0 radical (unpaired) electrons. The molecule has 0 aliphatic carbocycles. The molecule has 0 amide bonds. The fourth-order valence-electron chi connectivity index (χ4n) is 3.00. The van der Waals surface area contributed by atoms with Crippen LogP contribution in [0.1, 0.15) is 19.2 Å². The van der Waals surface area contributed by atoms with Crippen LogP contribution in [0, 0.1) is 5.92 Å². The van der Waals surface area contributed by atoms with E-state index in [2.05, 4.69) is 25.3 Å². The number of nitrogens with one attached hydrogen (secondary N) is 1. The maximum absolute atomic E-state index is 6.01. The molecule has 3 rings (SSSR count). The fourth-order valence-corrected chi connectivity index (χ4v) is 3.19. The van der Waals surface area contributed by atoms with E-state index in [1.165, 1.54) is 0 Å². The molecule has 1 fully saturated rings. The van der Waals surface area contributed by atoms with E-state index >= 15 is 0 Å². The molecule has 0 spiro atoms. The molecule has 1 atom stereocenters. The highest BCUT2D eigenvalue weighted by molar-refractivity contribution is 14.0.